The number of hydrogen-bond donors (Lipinski definition) is 0. The van der Waals surface area contributed by atoms with E-state index in [-0.39, 0.29) is 16.9 Å². The number of unbranched alkanes of at least 4 members (excludes halogenated alkanes) is 1. The third-order valence-electron chi connectivity index (χ3n) is 4.94. The summed E-state index contributed by atoms with van der Waals surface area (Å²) in [5.74, 6) is 1.13. The zero-order valence-electron chi connectivity index (χ0n) is 19.2. The highest BCUT2D eigenvalue weighted by atomic mass is 16.6. The number of fused-ring (bicyclic) bond motifs is 1. The SMILES string of the molecule is CCCCOc1c(OC=O)n(CC(C)(C)C)c(=O)c2cc(OCc3ccccc3)ccc12. The van der Waals surface area contributed by atoms with Gasteiger partial charge in [-0.25, -0.2) is 0 Å². The predicted molar refractivity (Wildman–Crippen MR) is 126 cm³/mol. The van der Waals surface area contributed by atoms with E-state index < -0.39 is 0 Å². The van der Waals surface area contributed by atoms with Crippen LogP contribution >= 0.6 is 0 Å². The topological polar surface area (TPSA) is 66.8 Å². The first-order valence-corrected chi connectivity index (χ1v) is 10.9. The zero-order chi connectivity index (χ0) is 23.1. The Morgan fingerprint density at radius 1 is 1.00 bits per heavy atom. The van der Waals surface area contributed by atoms with Crippen LogP contribution in [-0.4, -0.2) is 17.6 Å². The van der Waals surface area contributed by atoms with Crippen LogP contribution in [0.4, 0.5) is 0 Å². The van der Waals surface area contributed by atoms with E-state index in [1.54, 1.807) is 18.2 Å². The lowest BCUT2D eigenvalue weighted by atomic mass is 9.96. The minimum atomic E-state index is -0.250. The van der Waals surface area contributed by atoms with E-state index in [1.807, 2.05) is 51.1 Å². The molecule has 6 nitrogen and oxygen atoms in total. The van der Waals surface area contributed by atoms with Gasteiger partial charge in [0.1, 0.15) is 12.4 Å². The van der Waals surface area contributed by atoms with Gasteiger partial charge in [0, 0.05) is 11.9 Å². The third kappa shape index (κ3) is 5.69. The van der Waals surface area contributed by atoms with E-state index >= 15 is 0 Å². The molecule has 0 spiro atoms. The number of ether oxygens (including phenoxy) is 3. The molecule has 6 heteroatoms. The standard InChI is InChI=1S/C26H31NO5/c1-5-6-14-30-23-21-13-12-20(31-16-19-10-8-7-9-11-19)15-22(21)24(29)27(17-26(2,3)4)25(23)32-18-28/h7-13,15,18H,5-6,14,16-17H2,1-4H3. The quantitative estimate of drug-likeness (QED) is 0.316. The molecule has 0 saturated carbocycles. The molecule has 1 heterocycles. The number of carbonyl (C=O) groups is 1. The van der Waals surface area contributed by atoms with Crippen molar-refractivity contribution in [2.24, 2.45) is 5.41 Å². The van der Waals surface area contributed by atoms with Gasteiger partial charge in [-0.05, 0) is 35.6 Å². The molecular weight excluding hydrogens is 406 g/mol. The minimum Gasteiger partial charge on any atom is -0.489 e. The molecule has 0 saturated heterocycles. The third-order valence-corrected chi connectivity index (χ3v) is 4.94. The second-order valence-corrected chi connectivity index (χ2v) is 8.98. The van der Waals surface area contributed by atoms with Crippen molar-refractivity contribution in [3.63, 3.8) is 0 Å². The van der Waals surface area contributed by atoms with Crippen LogP contribution < -0.4 is 19.8 Å². The monoisotopic (exact) mass is 437 g/mol. The molecule has 0 fully saturated rings. The number of pyridine rings is 1. The molecule has 1 aromatic heterocycles. The molecular formula is C26H31NO5. The van der Waals surface area contributed by atoms with Crippen LogP contribution in [-0.2, 0) is 17.9 Å². The zero-order valence-corrected chi connectivity index (χ0v) is 19.2. The summed E-state index contributed by atoms with van der Waals surface area (Å²) in [7, 11) is 0. The van der Waals surface area contributed by atoms with Crippen molar-refractivity contribution >= 4 is 17.2 Å². The van der Waals surface area contributed by atoms with Crippen LogP contribution in [0.25, 0.3) is 10.8 Å². The molecule has 0 N–H and O–H groups in total. The van der Waals surface area contributed by atoms with Crippen LogP contribution in [0.15, 0.2) is 53.3 Å². The van der Waals surface area contributed by atoms with E-state index in [4.69, 9.17) is 14.2 Å². The average molecular weight is 438 g/mol. The van der Waals surface area contributed by atoms with Gasteiger partial charge in [-0.15, -0.1) is 0 Å². The molecule has 0 radical (unpaired) electrons. The highest BCUT2D eigenvalue weighted by Crippen LogP contribution is 2.36. The fourth-order valence-corrected chi connectivity index (χ4v) is 3.44. The van der Waals surface area contributed by atoms with Gasteiger partial charge in [-0.2, -0.15) is 0 Å². The Bertz CT molecular complexity index is 1110. The number of rotatable bonds is 10. The van der Waals surface area contributed by atoms with Gasteiger partial charge in [0.25, 0.3) is 12.0 Å². The van der Waals surface area contributed by atoms with Crippen LogP contribution in [0.5, 0.6) is 17.4 Å². The first kappa shape index (κ1) is 23.4. The Labute approximate surface area is 188 Å². The summed E-state index contributed by atoms with van der Waals surface area (Å²) in [6.45, 7) is 9.69. The van der Waals surface area contributed by atoms with Gasteiger partial charge in [0.2, 0.25) is 5.88 Å². The summed E-state index contributed by atoms with van der Waals surface area (Å²) in [6, 6.07) is 15.2. The summed E-state index contributed by atoms with van der Waals surface area (Å²) in [5, 5.41) is 1.06. The highest BCUT2D eigenvalue weighted by molar-refractivity contribution is 5.90. The smallest absolute Gasteiger partial charge is 0.299 e. The maximum absolute atomic E-state index is 13.5. The second kappa shape index (κ2) is 10.4. The normalized spacial score (nSPS) is 11.4. The van der Waals surface area contributed by atoms with Crippen molar-refractivity contribution in [1.29, 1.82) is 0 Å². The number of aromatic nitrogens is 1. The van der Waals surface area contributed by atoms with Crippen LogP contribution in [0, 0.1) is 5.41 Å². The molecule has 0 bridgehead atoms. The van der Waals surface area contributed by atoms with E-state index in [2.05, 4.69) is 6.92 Å². The molecule has 0 amide bonds. The van der Waals surface area contributed by atoms with Gasteiger partial charge in [0.05, 0.1) is 12.0 Å². The molecule has 2 aromatic carbocycles. The maximum Gasteiger partial charge on any atom is 0.299 e. The predicted octanol–water partition coefficient (Wildman–Crippen LogP) is 5.34. The summed E-state index contributed by atoms with van der Waals surface area (Å²) >= 11 is 0. The second-order valence-electron chi connectivity index (χ2n) is 8.98. The maximum atomic E-state index is 13.5. The lowest BCUT2D eigenvalue weighted by Gasteiger charge is -2.24. The Morgan fingerprint density at radius 3 is 2.41 bits per heavy atom. The van der Waals surface area contributed by atoms with Crippen molar-refractivity contribution in [2.75, 3.05) is 6.61 Å². The molecule has 0 aliphatic rings. The largest absolute Gasteiger partial charge is 0.489 e. The van der Waals surface area contributed by atoms with Crippen LogP contribution in [0.2, 0.25) is 0 Å². The fourth-order valence-electron chi connectivity index (χ4n) is 3.44. The van der Waals surface area contributed by atoms with Crippen molar-refractivity contribution in [3.05, 3.63) is 64.4 Å². The lowest BCUT2D eigenvalue weighted by molar-refractivity contribution is -0.121. The van der Waals surface area contributed by atoms with Gasteiger partial charge < -0.3 is 14.2 Å². The Kier molecular flexibility index (Phi) is 7.57. The fraction of sp³-hybridized carbons (Fsp3) is 0.385. The van der Waals surface area contributed by atoms with Crippen LogP contribution in [0.1, 0.15) is 46.1 Å². The number of benzene rings is 2. The van der Waals surface area contributed by atoms with E-state index in [0.29, 0.717) is 48.5 Å². The van der Waals surface area contributed by atoms with E-state index in [9.17, 15) is 9.59 Å². The van der Waals surface area contributed by atoms with Gasteiger partial charge in [0.15, 0.2) is 5.75 Å². The lowest BCUT2D eigenvalue weighted by Crippen LogP contribution is -2.29. The van der Waals surface area contributed by atoms with E-state index in [0.717, 1.165) is 18.4 Å². The molecule has 170 valence electrons. The average Bonchev–Trinajstić information content (AvgIpc) is 2.77. The Hall–Kier alpha value is -3.28. The summed E-state index contributed by atoms with van der Waals surface area (Å²) in [6.07, 6.45) is 1.81. The first-order valence-electron chi connectivity index (χ1n) is 10.9. The van der Waals surface area contributed by atoms with Crippen LogP contribution in [0.3, 0.4) is 0 Å². The molecule has 0 unspecified atom stereocenters. The molecule has 3 rings (SSSR count). The Balaban J connectivity index is 2.11. The number of hydrogen-bond acceptors (Lipinski definition) is 5. The highest BCUT2D eigenvalue weighted by Gasteiger charge is 2.23. The molecule has 3 aromatic rings. The number of nitrogens with zero attached hydrogens (tertiary/aromatic N) is 1. The van der Waals surface area contributed by atoms with Gasteiger partial charge in [-0.1, -0.05) is 64.4 Å². The van der Waals surface area contributed by atoms with Gasteiger partial charge in [-0.3, -0.25) is 14.2 Å². The summed E-state index contributed by atoms with van der Waals surface area (Å²) in [5.41, 5.74) is 0.566. The molecule has 32 heavy (non-hydrogen) atoms. The Morgan fingerprint density at radius 2 is 1.75 bits per heavy atom. The van der Waals surface area contributed by atoms with Crippen molar-refractivity contribution in [2.45, 2.75) is 53.7 Å². The molecule has 0 aliphatic heterocycles. The molecule has 0 aliphatic carbocycles. The number of carbonyl (C=O) groups excluding carboxylic acids is 1. The van der Waals surface area contributed by atoms with E-state index in [1.165, 1.54) is 4.57 Å². The van der Waals surface area contributed by atoms with Crippen molar-refractivity contribution in [1.82, 2.24) is 4.57 Å². The minimum absolute atomic E-state index is 0.140. The first-order chi connectivity index (χ1) is 15.3. The summed E-state index contributed by atoms with van der Waals surface area (Å²) in [4.78, 5) is 24.7. The van der Waals surface area contributed by atoms with Crippen molar-refractivity contribution in [3.8, 4) is 17.4 Å². The van der Waals surface area contributed by atoms with Gasteiger partial charge >= 0.3 is 0 Å². The van der Waals surface area contributed by atoms with Crippen molar-refractivity contribution < 1.29 is 19.0 Å². The summed E-state index contributed by atoms with van der Waals surface area (Å²) < 4.78 is 18.8. The molecule has 0 atom stereocenters.